The number of halogens is 1. The summed E-state index contributed by atoms with van der Waals surface area (Å²) >= 11 is 6.47. The number of hydrogen-bond acceptors (Lipinski definition) is 5. The van der Waals surface area contributed by atoms with Crippen LogP contribution in [0.3, 0.4) is 0 Å². The molecule has 4 N–H and O–H groups in total. The molecule has 0 fully saturated rings. The second-order valence-corrected chi connectivity index (χ2v) is 5.73. The number of primary amides is 1. The molecule has 0 atom stereocenters. The molecule has 3 heterocycles. The molecular weight excluding hydrogens is 344 g/mol. The van der Waals surface area contributed by atoms with Crippen molar-refractivity contribution in [2.24, 2.45) is 5.73 Å². The van der Waals surface area contributed by atoms with Gasteiger partial charge in [-0.1, -0.05) is 17.7 Å². The maximum atomic E-state index is 12.0. The van der Waals surface area contributed by atoms with Gasteiger partial charge in [-0.2, -0.15) is 9.61 Å². The van der Waals surface area contributed by atoms with Gasteiger partial charge < -0.3 is 16.2 Å². The number of carbonyl (C=O) groups is 1. The van der Waals surface area contributed by atoms with Gasteiger partial charge in [0.05, 0.1) is 18.4 Å². The Morgan fingerprint density at radius 1 is 1.28 bits per heavy atom. The summed E-state index contributed by atoms with van der Waals surface area (Å²) in [6, 6.07) is 8.74. The predicted molar refractivity (Wildman–Crippen MR) is 94.3 cm³/mol. The third kappa shape index (κ3) is 2.04. The van der Waals surface area contributed by atoms with Gasteiger partial charge in [-0.25, -0.2) is 4.98 Å². The van der Waals surface area contributed by atoms with Gasteiger partial charge >= 0.3 is 0 Å². The van der Waals surface area contributed by atoms with Crippen LogP contribution < -0.4 is 16.2 Å². The number of aromatic nitrogens is 4. The monoisotopic (exact) mass is 356 g/mol. The Kier molecular flexibility index (Phi) is 3.29. The number of ether oxygens (including phenoxy) is 1. The first kappa shape index (κ1) is 15.3. The summed E-state index contributed by atoms with van der Waals surface area (Å²) in [5.74, 6) is 0.00666. The zero-order valence-electron chi connectivity index (χ0n) is 13.1. The third-order valence-corrected chi connectivity index (χ3v) is 4.42. The number of hydrogen-bond donors (Lipinski definition) is 2. The molecule has 0 radical (unpaired) electrons. The lowest BCUT2D eigenvalue weighted by molar-refractivity contribution is 0.100. The van der Waals surface area contributed by atoms with Crippen molar-refractivity contribution in [3.05, 3.63) is 47.2 Å². The fourth-order valence-corrected chi connectivity index (χ4v) is 3.27. The van der Waals surface area contributed by atoms with Crippen LogP contribution in [0.25, 0.3) is 22.4 Å². The molecule has 0 aliphatic heterocycles. The zero-order chi connectivity index (χ0) is 17.7. The normalized spacial score (nSPS) is 11.3. The van der Waals surface area contributed by atoms with Crippen LogP contribution >= 0.6 is 11.6 Å². The van der Waals surface area contributed by atoms with Crippen molar-refractivity contribution in [1.82, 2.24) is 19.2 Å². The number of amides is 1. The maximum Gasteiger partial charge on any atom is 0.253 e. The lowest BCUT2D eigenvalue weighted by Gasteiger charge is -2.13. The van der Waals surface area contributed by atoms with Gasteiger partial charge in [0.2, 0.25) is 0 Å². The smallest absolute Gasteiger partial charge is 0.253 e. The van der Waals surface area contributed by atoms with Crippen molar-refractivity contribution in [2.45, 2.75) is 0 Å². The average molecular weight is 357 g/mol. The van der Waals surface area contributed by atoms with Gasteiger partial charge in [-0.3, -0.25) is 9.36 Å². The fourth-order valence-electron chi connectivity index (χ4n) is 2.98. The molecule has 0 saturated heterocycles. The van der Waals surface area contributed by atoms with Crippen molar-refractivity contribution in [3.8, 4) is 11.4 Å². The van der Waals surface area contributed by atoms with Crippen LogP contribution in [0.5, 0.6) is 5.75 Å². The average Bonchev–Trinajstić information content (AvgIpc) is 3.16. The second-order valence-electron chi connectivity index (χ2n) is 5.35. The molecule has 8 nitrogen and oxygen atoms in total. The lowest BCUT2D eigenvalue weighted by atomic mass is 10.2. The summed E-state index contributed by atoms with van der Waals surface area (Å²) in [6.45, 7) is 0. The molecule has 0 spiro atoms. The predicted octanol–water partition coefficient (Wildman–Crippen LogP) is 2.02. The minimum atomic E-state index is -0.639. The number of nitrogen functional groups attached to an aromatic ring is 1. The molecule has 0 bridgehead atoms. The van der Waals surface area contributed by atoms with Crippen LogP contribution in [0.4, 0.5) is 5.82 Å². The molecule has 0 saturated carbocycles. The van der Waals surface area contributed by atoms with E-state index in [0.717, 1.165) is 0 Å². The van der Waals surface area contributed by atoms with Crippen molar-refractivity contribution in [2.75, 3.05) is 12.8 Å². The summed E-state index contributed by atoms with van der Waals surface area (Å²) in [7, 11) is 1.52. The molecule has 0 aliphatic rings. The summed E-state index contributed by atoms with van der Waals surface area (Å²) in [5.41, 5.74) is 13.7. The number of pyridine rings is 1. The molecule has 0 aliphatic carbocycles. The fraction of sp³-hybridized carbons (Fsp3) is 0.0625. The molecule has 3 aromatic heterocycles. The number of benzene rings is 1. The molecule has 9 heteroatoms. The summed E-state index contributed by atoms with van der Waals surface area (Å²) in [6.07, 6.45) is 1.42. The summed E-state index contributed by atoms with van der Waals surface area (Å²) in [5, 5.41) is 5.13. The highest BCUT2D eigenvalue weighted by Gasteiger charge is 2.24. The number of nitrogens with two attached hydrogens (primary N) is 2. The molecule has 4 rings (SSSR count). The van der Waals surface area contributed by atoms with Gasteiger partial charge in [-0.15, -0.1) is 0 Å². The van der Waals surface area contributed by atoms with Gasteiger partial charge in [0.15, 0.2) is 11.3 Å². The molecule has 126 valence electrons. The Balaban J connectivity index is 2.22. The van der Waals surface area contributed by atoms with Crippen molar-refractivity contribution in [3.63, 3.8) is 0 Å². The minimum Gasteiger partial charge on any atom is -0.495 e. The van der Waals surface area contributed by atoms with Gasteiger partial charge in [0.25, 0.3) is 5.91 Å². The third-order valence-electron chi connectivity index (χ3n) is 4.04. The highest BCUT2D eigenvalue weighted by Crippen LogP contribution is 2.37. The van der Waals surface area contributed by atoms with E-state index in [0.29, 0.717) is 33.1 Å². The van der Waals surface area contributed by atoms with Gasteiger partial charge in [0.1, 0.15) is 22.9 Å². The van der Waals surface area contributed by atoms with Gasteiger partial charge in [0, 0.05) is 5.39 Å². The van der Waals surface area contributed by atoms with E-state index in [9.17, 15) is 4.79 Å². The maximum absolute atomic E-state index is 12.0. The molecule has 1 amide bonds. The number of anilines is 1. The van der Waals surface area contributed by atoms with E-state index >= 15 is 0 Å². The van der Waals surface area contributed by atoms with E-state index in [-0.39, 0.29) is 11.4 Å². The number of carbonyl (C=O) groups excluding carboxylic acids is 1. The number of methoxy groups -OCH3 is 1. The SMILES string of the molecule is COc1cccc(-n2c(N)c(C(N)=O)c3ccc4ncnn4c32)c1Cl. The summed E-state index contributed by atoms with van der Waals surface area (Å²) < 4.78 is 8.48. The van der Waals surface area contributed by atoms with Crippen LogP contribution in [0, 0.1) is 0 Å². The molecule has 25 heavy (non-hydrogen) atoms. The number of nitrogens with zero attached hydrogens (tertiary/aromatic N) is 4. The first-order chi connectivity index (χ1) is 12.0. The van der Waals surface area contributed by atoms with Crippen molar-refractivity contribution < 1.29 is 9.53 Å². The van der Waals surface area contributed by atoms with E-state index in [2.05, 4.69) is 10.1 Å². The topological polar surface area (TPSA) is 113 Å². The van der Waals surface area contributed by atoms with Gasteiger partial charge in [-0.05, 0) is 24.3 Å². The van der Waals surface area contributed by atoms with Crippen LogP contribution in [-0.4, -0.2) is 32.2 Å². The van der Waals surface area contributed by atoms with Crippen molar-refractivity contribution in [1.29, 1.82) is 0 Å². The highest BCUT2D eigenvalue weighted by atomic mass is 35.5. The van der Waals surface area contributed by atoms with E-state index in [4.69, 9.17) is 27.8 Å². The Labute approximate surface area is 146 Å². The first-order valence-corrected chi connectivity index (χ1v) is 7.67. The minimum absolute atomic E-state index is 0.167. The summed E-state index contributed by atoms with van der Waals surface area (Å²) in [4.78, 5) is 16.2. The second kappa shape index (κ2) is 5.38. The van der Waals surface area contributed by atoms with Crippen LogP contribution in [0.2, 0.25) is 5.02 Å². The van der Waals surface area contributed by atoms with Crippen LogP contribution in [0.15, 0.2) is 36.7 Å². The highest BCUT2D eigenvalue weighted by molar-refractivity contribution is 6.34. The standard InChI is InChI=1S/C16H13ClN6O2/c1-25-10-4-2-3-9(13(10)17)22-14(18)12(15(19)24)8-5-6-11-20-7-21-23(11)16(8)22/h2-7H,18H2,1H3,(H2,19,24). The molecule has 4 aromatic rings. The molecule has 1 aromatic carbocycles. The van der Waals surface area contributed by atoms with E-state index in [1.807, 2.05) is 0 Å². The Bertz CT molecular complexity index is 1150. The largest absolute Gasteiger partial charge is 0.495 e. The van der Waals surface area contributed by atoms with Crippen molar-refractivity contribution >= 4 is 40.0 Å². The molecular formula is C16H13ClN6O2. The lowest BCUT2D eigenvalue weighted by Crippen LogP contribution is -2.13. The molecule has 0 unspecified atom stereocenters. The zero-order valence-corrected chi connectivity index (χ0v) is 13.9. The quantitative estimate of drug-likeness (QED) is 0.583. The Morgan fingerprint density at radius 2 is 2.08 bits per heavy atom. The Hall–Kier alpha value is -3.26. The van der Waals surface area contributed by atoms with Crippen LogP contribution in [-0.2, 0) is 0 Å². The first-order valence-electron chi connectivity index (χ1n) is 7.30. The Morgan fingerprint density at radius 3 is 2.80 bits per heavy atom. The van der Waals surface area contributed by atoms with E-state index < -0.39 is 5.91 Å². The van der Waals surface area contributed by atoms with E-state index in [1.54, 1.807) is 39.4 Å². The van der Waals surface area contributed by atoms with E-state index in [1.165, 1.54) is 13.4 Å². The van der Waals surface area contributed by atoms with Crippen LogP contribution in [0.1, 0.15) is 10.4 Å². The number of fused-ring (bicyclic) bond motifs is 3. The number of rotatable bonds is 3.